The van der Waals surface area contributed by atoms with Gasteiger partial charge in [0.05, 0.1) is 0 Å². The van der Waals surface area contributed by atoms with Gasteiger partial charge in [-0.05, 0) is 0 Å². The Hall–Kier alpha value is 1.89. The summed E-state index contributed by atoms with van der Waals surface area (Å²) in [5.74, 6) is 0. The average Bonchev–Trinajstić information content (AvgIpc) is 1.59. The maximum absolute atomic E-state index is 10.2. The smallest absolute Gasteiger partial charge is 0.367 e. The molecule has 0 aliphatic heterocycles. The molecule has 0 unspecified atom stereocenters. The molecule has 0 heterocycles. The summed E-state index contributed by atoms with van der Waals surface area (Å²) in [7, 11) is 0. The van der Waals surface area contributed by atoms with E-state index >= 15 is 0 Å². The van der Waals surface area contributed by atoms with Crippen LogP contribution in [0.1, 0.15) is 20.3 Å². The normalized spacial score (nSPS) is 9.43. The number of hydrogen-bond donors (Lipinski definition) is 0. The summed E-state index contributed by atoms with van der Waals surface area (Å²) >= 11 is 0. The number of hydrogen-bond acceptors (Lipinski definition) is 0. The minimum atomic E-state index is -4.25. The molecule has 0 saturated heterocycles. The van der Waals surface area contributed by atoms with E-state index in [2.05, 4.69) is 20.8 Å². The van der Waals surface area contributed by atoms with Crippen molar-refractivity contribution >= 4 is 0 Å². The molecule has 0 aromatic carbocycles. The van der Waals surface area contributed by atoms with Crippen molar-refractivity contribution < 1.29 is 75.4 Å². The van der Waals surface area contributed by atoms with Gasteiger partial charge >= 0.3 is 62.2 Å². The number of rotatable bonds is 1. The molecule has 0 aromatic heterocycles. The number of alkyl halides is 3. The van der Waals surface area contributed by atoms with Crippen LogP contribution in [-0.4, -0.2) is 6.18 Å². The quantitative estimate of drug-likeness (QED) is 0.376. The first kappa shape index (κ1) is 29.7. The van der Waals surface area contributed by atoms with Crippen molar-refractivity contribution in [3.8, 4) is 0 Å². The molecular formula is C9H17F3U2. The van der Waals surface area contributed by atoms with Crippen molar-refractivity contribution in [1.82, 2.24) is 0 Å². The molecule has 0 saturated carbocycles. The second kappa shape index (κ2) is 13.0. The monoisotopic (exact) mass is 658 g/mol. The summed E-state index contributed by atoms with van der Waals surface area (Å²) in [6.07, 6.45) is -3.20. The Bertz CT molecular complexity index is 89.2. The Labute approximate surface area is 134 Å². The topological polar surface area (TPSA) is 0 Å². The third-order valence-electron chi connectivity index (χ3n) is 0.854. The minimum Gasteiger partial charge on any atom is -0.367 e. The Balaban J connectivity index is -0.0000000321. The molecule has 0 aliphatic rings. The van der Waals surface area contributed by atoms with Gasteiger partial charge < -0.3 is 21.3 Å². The molecule has 0 nitrogen and oxygen atoms in total. The fourth-order valence-corrected chi connectivity index (χ4v) is 0. The van der Waals surface area contributed by atoms with Gasteiger partial charge in [0.15, 0.2) is 0 Å². The Morgan fingerprint density at radius 2 is 1.07 bits per heavy atom. The zero-order chi connectivity index (χ0) is 9.71. The third-order valence-corrected chi connectivity index (χ3v) is 0.854. The fourth-order valence-electron chi connectivity index (χ4n) is 0. The van der Waals surface area contributed by atoms with Crippen molar-refractivity contribution in [2.24, 2.45) is 5.41 Å². The van der Waals surface area contributed by atoms with Gasteiger partial charge in [-0.3, -0.25) is 5.41 Å². The molecule has 0 spiro atoms. The van der Waals surface area contributed by atoms with Crippen molar-refractivity contribution in [1.29, 1.82) is 0 Å². The van der Waals surface area contributed by atoms with E-state index in [-0.39, 0.29) is 75.1 Å². The Morgan fingerprint density at radius 3 is 1.07 bits per heavy atom. The molecule has 0 fully saturated rings. The second-order valence-electron chi connectivity index (χ2n) is 2.78. The van der Waals surface area contributed by atoms with Crippen LogP contribution in [0.5, 0.6) is 0 Å². The summed E-state index contributed by atoms with van der Waals surface area (Å²) in [4.78, 5) is 0. The predicted molar refractivity (Wildman–Crippen MR) is 46.9 cm³/mol. The molecular weight excluding hydrogens is 641 g/mol. The molecule has 0 atom stereocenters. The second-order valence-corrected chi connectivity index (χ2v) is 2.78. The maximum atomic E-state index is 10.2. The summed E-state index contributed by atoms with van der Waals surface area (Å²) in [5, 5.41) is 0. The van der Waals surface area contributed by atoms with Crippen LogP contribution in [0.3, 0.4) is 0 Å². The van der Waals surface area contributed by atoms with Gasteiger partial charge in [0, 0.05) is 0 Å². The summed E-state index contributed by atoms with van der Waals surface area (Å²) < 4.78 is 30.7. The van der Waals surface area contributed by atoms with Crippen LogP contribution in [0.15, 0.2) is 0 Å². The molecule has 0 aliphatic carbocycles. The minimum absolute atomic E-state index is 0. The van der Waals surface area contributed by atoms with Gasteiger partial charge in [0.25, 0.3) is 6.18 Å². The molecule has 0 rings (SSSR count). The van der Waals surface area contributed by atoms with Crippen LogP contribution in [0.4, 0.5) is 13.2 Å². The molecule has 14 heavy (non-hydrogen) atoms. The van der Waals surface area contributed by atoms with Crippen molar-refractivity contribution in [2.45, 2.75) is 26.4 Å². The maximum Gasteiger partial charge on any atom is 2.00 e. The van der Waals surface area contributed by atoms with Gasteiger partial charge in [0.1, 0.15) is 0 Å². The summed E-state index contributed by atoms with van der Waals surface area (Å²) in [6.45, 7) is 13.4. The van der Waals surface area contributed by atoms with Gasteiger partial charge in [-0.2, -0.15) is 0 Å². The van der Waals surface area contributed by atoms with E-state index < -0.39 is 6.18 Å². The average molecular weight is 658 g/mol. The fraction of sp³-hybridized carbons (Fsp3) is 0.556. The zero-order valence-corrected chi connectivity index (χ0v) is 17.3. The van der Waals surface area contributed by atoms with Crippen LogP contribution >= 0.6 is 0 Å². The molecule has 0 amide bonds. The molecule has 5 heteroatoms. The molecule has 82 valence electrons. The van der Waals surface area contributed by atoms with Gasteiger partial charge in [-0.1, -0.05) is 6.92 Å². The summed E-state index contributed by atoms with van der Waals surface area (Å²) in [6, 6.07) is 0. The van der Waals surface area contributed by atoms with Crippen molar-refractivity contribution in [2.75, 3.05) is 0 Å². The Morgan fingerprint density at radius 1 is 1.00 bits per heavy atom. The van der Waals surface area contributed by atoms with E-state index in [0.29, 0.717) is 0 Å². The SMILES string of the molecule is [CH2-]C(F)(F)F.[CH2-]C([CH2-])(C)CC.[CH3-].[U+2].[U+2]. The van der Waals surface area contributed by atoms with E-state index in [1.807, 2.05) is 6.92 Å². The predicted octanol–water partition coefficient (Wildman–Crippen LogP) is 3.90. The Kier molecular flexibility index (Phi) is 27.5. The van der Waals surface area contributed by atoms with Gasteiger partial charge in [0.2, 0.25) is 0 Å². The summed E-state index contributed by atoms with van der Waals surface area (Å²) in [5.41, 5.74) is 0.0417. The van der Waals surface area contributed by atoms with Crippen LogP contribution in [0.25, 0.3) is 0 Å². The van der Waals surface area contributed by atoms with Crippen LogP contribution in [0, 0.1) is 95.8 Å². The van der Waals surface area contributed by atoms with Gasteiger partial charge in [-0.15, -0.1) is 13.3 Å². The van der Waals surface area contributed by atoms with Crippen molar-refractivity contribution in [3.05, 3.63) is 28.2 Å². The van der Waals surface area contributed by atoms with Crippen LogP contribution in [-0.2, 0) is 0 Å². The molecule has 0 aromatic rings. The molecule has 0 bridgehead atoms. The molecule has 0 N–H and O–H groups in total. The van der Waals surface area contributed by atoms with E-state index in [9.17, 15) is 13.2 Å². The first-order valence-corrected chi connectivity index (χ1v) is 3.19. The van der Waals surface area contributed by atoms with Crippen LogP contribution < -0.4 is 0 Å². The van der Waals surface area contributed by atoms with Gasteiger partial charge in [-0.25, -0.2) is 20.1 Å². The van der Waals surface area contributed by atoms with E-state index in [4.69, 9.17) is 0 Å². The van der Waals surface area contributed by atoms with E-state index in [0.717, 1.165) is 6.42 Å². The van der Waals surface area contributed by atoms with E-state index in [1.54, 1.807) is 6.92 Å². The van der Waals surface area contributed by atoms with E-state index in [1.165, 1.54) is 0 Å². The van der Waals surface area contributed by atoms with Crippen LogP contribution in [0.2, 0.25) is 0 Å². The first-order valence-electron chi connectivity index (χ1n) is 3.19. The molecule has 0 radical (unpaired) electrons. The third kappa shape index (κ3) is 96.4. The number of halogens is 3. The van der Waals surface area contributed by atoms with Crippen molar-refractivity contribution in [3.63, 3.8) is 0 Å². The largest absolute Gasteiger partial charge is 2.00 e. The first-order chi connectivity index (χ1) is 4.56. The standard InChI is InChI=1S/C6H12.C2H2F3.CH3.2U/c1-5-6(2,3)4;1-2(3,4)5;;;/h2-3,5H2,1,4H3;1H2;1H3;;/q-2;2*-1;2*+2. The zero-order valence-electron chi connectivity index (χ0n) is 8.96.